The average molecular weight is 281 g/mol. The van der Waals surface area contributed by atoms with Crippen molar-refractivity contribution in [2.45, 2.75) is 44.9 Å². The molecule has 2 amide bonds. The molecule has 2 saturated heterocycles. The summed E-state index contributed by atoms with van der Waals surface area (Å²) in [4.78, 5) is 28.8. The molecule has 20 heavy (non-hydrogen) atoms. The second-order valence-electron chi connectivity index (χ2n) is 5.32. The van der Waals surface area contributed by atoms with Crippen molar-refractivity contribution in [3.63, 3.8) is 0 Å². The highest BCUT2D eigenvalue weighted by atomic mass is 16.6. The Bertz CT molecular complexity index is 547. The van der Waals surface area contributed by atoms with Gasteiger partial charge in [0.1, 0.15) is 6.10 Å². The predicted molar refractivity (Wildman–Crippen MR) is 63.3 cm³/mol. The maximum atomic E-state index is 12.0. The van der Waals surface area contributed by atoms with Crippen LogP contribution >= 0.6 is 0 Å². The van der Waals surface area contributed by atoms with E-state index in [1.807, 2.05) is 0 Å². The van der Waals surface area contributed by atoms with Gasteiger partial charge in [0.15, 0.2) is 11.4 Å². The van der Waals surface area contributed by atoms with Gasteiger partial charge in [0.05, 0.1) is 6.54 Å². The van der Waals surface area contributed by atoms with E-state index in [1.165, 1.54) is 0 Å². The van der Waals surface area contributed by atoms with E-state index >= 15 is 0 Å². The SMILES string of the molecule is CC1(C)OC(=O)N(Cc2noc(C3CCCO3)n2)C1=O. The van der Waals surface area contributed by atoms with Gasteiger partial charge in [-0.15, -0.1) is 0 Å². The summed E-state index contributed by atoms with van der Waals surface area (Å²) in [5.41, 5.74) is -1.14. The van der Waals surface area contributed by atoms with Crippen molar-refractivity contribution in [1.82, 2.24) is 15.0 Å². The Morgan fingerprint density at radius 3 is 2.80 bits per heavy atom. The third-order valence-electron chi connectivity index (χ3n) is 3.31. The summed E-state index contributed by atoms with van der Waals surface area (Å²) >= 11 is 0. The molecule has 0 aliphatic carbocycles. The van der Waals surface area contributed by atoms with Crippen molar-refractivity contribution in [3.8, 4) is 0 Å². The molecule has 0 saturated carbocycles. The van der Waals surface area contributed by atoms with Crippen molar-refractivity contribution < 1.29 is 23.6 Å². The number of cyclic esters (lactones) is 1. The van der Waals surface area contributed by atoms with Gasteiger partial charge in [0, 0.05) is 6.61 Å². The molecule has 3 heterocycles. The fraction of sp³-hybridized carbons (Fsp3) is 0.667. The van der Waals surface area contributed by atoms with Gasteiger partial charge in [0.2, 0.25) is 0 Å². The van der Waals surface area contributed by atoms with Crippen LogP contribution in [0.15, 0.2) is 4.52 Å². The zero-order valence-corrected chi connectivity index (χ0v) is 11.3. The summed E-state index contributed by atoms with van der Waals surface area (Å²) in [5.74, 6) is 0.237. The Morgan fingerprint density at radius 1 is 1.40 bits per heavy atom. The van der Waals surface area contributed by atoms with Gasteiger partial charge >= 0.3 is 6.09 Å². The number of hydrogen-bond acceptors (Lipinski definition) is 7. The largest absolute Gasteiger partial charge is 0.433 e. The molecule has 3 rings (SSSR count). The standard InChI is InChI=1S/C12H15N3O5/c1-12(2)10(16)15(11(17)19-12)6-8-13-9(20-14-8)7-4-3-5-18-7/h7H,3-6H2,1-2H3. The normalized spacial score (nSPS) is 25.3. The van der Waals surface area contributed by atoms with E-state index in [1.54, 1.807) is 13.8 Å². The summed E-state index contributed by atoms with van der Waals surface area (Å²) in [6.07, 6.45) is 0.907. The van der Waals surface area contributed by atoms with Crippen molar-refractivity contribution in [2.75, 3.05) is 6.61 Å². The Balaban J connectivity index is 1.72. The van der Waals surface area contributed by atoms with E-state index in [4.69, 9.17) is 14.0 Å². The van der Waals surface area contributed by atoms with Gasteiger partial charge in [0.25, 0.3) is 11.8 Å². The Hall–Kier alpha value is -1.96. The first-order chi connectivity index (χ1) is 9.47. The zero-order chi connectivity index (χ0) is 14.3. The van der Waals surface area contributed by atoms with E-state index in [-0.39, 0.29) is 18.5 Å². The van der Waals surface area contributed by atoms with E-state index in [9.17, 15) is 9.59 Å². The second-order valence-corrected chi connectivity index (χ2v) is 5.32. The van der Waals surface area contributed by atoms with E-state index in [0.717, 1.165) is 17.7 Å². The van der Waals surface area contributed by atoms with Crippen molar-refractivity contribution >= 4 is 12.0 Å². The molecule has 0 N–H and O–H groups in total. The molecule has 0 bridgehead atoms. The molecule has 8 nitrogen and oxygen atoms in total. The molecule has 2 aliphatic rings. The molecule has 2 aliphatic heterocycles. The van der Waals surface area contributed by atoms with E-state index in [2.05, 4.69) is 10.1 Å². The van der Waals surface area contributed by atoms with Crippen LogP contribution in [0.25, 0.3) is 0 Å². The third kappa shape index (κ3) is 2.15. The minimum Gasteiger partial charge on any atom is -0.433 e. The maximum Gasteiger partial charge on any atom is 0.418 e. The number of nitrogens with zero attached hydrogens (tertiary/aromatic N) is 3. The molecule has 8 heteroatoms. The summed E-state index contributed by atoms with van der Waals surface area (Å²) in [7, 11) is 0. The molecule has 2 fully saturated rings. The van der Waals surface area contributed by atoms with Crippen LogP contribution in [-0.4, -0.2) is 39.2 Å². The first-order valence-electron chi connectivity index (χ1n) is 6.46. The first kappa shape index (κ1) is 13.0. The predicted octanol–water partition coefficient (Wildman–Crippen LogP) is 1.18. The lowest BCUT2D eigenvalue weighted by atomic mass is 10.1. The van der Waals surface area contributed by atoms with Crippen LogP contribution in [0, 0.1) is 0 Å². The summed E-state index contributed by atoms with van der Waals surface area (Å²) in [6, 6.07) is 0. The third-order valence-corrected chi connectivity index (χ3v) is 3.31. The fourth-order valence-electron chi connectivity index (χ4n) is 2.24. The van der Waals surface area contributed by atoms with Crippen LogP contribution in [0.4, 0.5) is 4.79 Å². The zero-order valence-electron chi connectivity index (χ0n) is 11.3. The van der Waals surface area contributed by atoms with Gasteiger partial charge in [-0.2, -0.15) is 4.98 Å². The number of rotatable bonds is 3. The number of ether oxygens (including phenoxy) is 2. The molecule has 1 aromatic rings. The van der Waals surface area contributed by atoms with Crippen LogP contribution < -0.4 is 0 Å². The number of imide groups is 1. The van der Waals surface area contributed by atoms with Crippen LogP contribution in [-0.2, 0) is 20.8 Å². The second kappa shape index (κ2) is 4.55. The summed E-state index contributed by atoms with van der Waals surface area (Å²) in [6.45, 7) is 3.70. The Kier molecular flexibility index (Phi) is 2.97. The molecule has 1 atom stereocenters. The summed E-state index contributed by atoms with van der Waals surface area (Å²) < 4.78 is 15.5. The van der Waals surface area contributed by atoms with Gasteiger partial charge < -0.3 is 14.0 Å². The Labute approximate surface area is 115 Å². The first-order valence-corrected chi connectivity index (χ1v) is 6.46. The minimum absolute atomic E-state index is 0.0582. The van der Waals surface area contributed by atoms with Gasteiger partial charge in [-0.1, -0.05) is 5.16 Å². The lowest BCUT2D eigenvalue weighted by Gasteiger charge is -2.12. The van der Waals surface area contributed by atoms with Crippen LogP contribution in [0.1, 0.15) is 44.5 Å². The number of hydrogen-bond donors (Lipinski definition) is 0. The highest BCUT2D eigenvalue weighted by Gasteiger charge is 2.47. The topological polar surface area (TPSA) is 94.8 Å². The lowest BCUT2D eigenvalue weighted by Crippen LogP contribution is -2.36. The van der Waals surface area contributed by atoms with Crippen molar-refractivity contribution in [1.29, 1.82) is 0 Å². The fourth-order valence-corrected chi connectivity index (χ4v) is 2.24. The van der Waals surface area contributed by atoms with E-state index in [0.29, 0.717) is 12.5 Å². The summed E-state index contributed by atoms with van der Waals surface area (Å²) in [5, 5.41) is 3.77. The van der Waals surface area contributed by atoms with Gasteiger partial charge in [-0.05, 0) is 26.7 Å². The highest BCUT2D eigenvalue weighted by Crippen LogP contribution is 2.28. The van der Waals surface area contributed by atoms with Crippen molar-refractivity contribution in [3.05, 3.63) is 11.7 Å². The van der Waals surface area contributed by atoms with Gasteiger partial charge in [-0.3, -0.25) is 4.79 Å². The molecule has 0 radical (unpaired) electrons. The number of carbonyl (C=O) groups is 2. The Morgan fingerprint density at radius 2 is 2.20 bits per heavy atom. The van der Waals surface area contributed by atoms with Crippen LogP contribution in [0.5, 0.6) is 0 Å². The molecular formula is C12H15N3O5. The van der Waals surface area contributed by atoms with Crippen LogP contribution in [0.2, 0.25) is 0 Å². The highest BCUT2D eigenvalue weighted by molar-refractivity contribution is 6.02. The molecule has 0 aromatic carbocycles. The lowest BCUT2D eigenvalue weighted by molar-refractivity contribution is -0.135. The minimum atomic E-state index is -1.14. The number of aromatic nitrogens is 2. The quantitative estimate of drug-likeness (QED) is 0.820. The molecule has 108 valence electrons. The maximum absolute atomic E-state index is 12.0. The number of amides is 2. The average Bonchev–Trinajstić information content (AvgIpc) is 3.07. The number of carbonyl (C=O) groups excluding carboxylic acids is 2. The molecule has 1 unspecified atom stereocenters. The smallest absolute Gasteiger partial charge is 0.418 e. The van der Waals surface area contributed by atoms with E-state index < -0.39 is 17.6 Å². The molecule has 0 spiro atoms. The molecular weight excluding hydrogens is 266 g/mol. The monoisotopic (exact) mass is 281 g/mol. The van der Waals surface area contributed by atoms with Crippen molar-refractivity contribution in [2.24, 2.45) is 0 Å². The van der Waals surface area contributed by atoms with Gasteiger partial charge in [-0.25, -0.2) is 9.69 Å². The van der Waals surface area contributed by atoms with Crippen LogP contribution in [0.3, 0.4) is 0 Å². The molecule has 1 aromatic heterocycles.